The predicted molar refractivity (Wildman–Crippen MR) is 69.8 cm³/mol. The molecule has 0 aliphatic carbocycles. The van der Waals surface area contributed by atoms with E-state index in [2.05, 4.69) is 25.7 Å². The van der Waals surface area contributed by atoms with Crippen molar-refractivity contribution in [3.63, 3.8) is 0 Å². The summed E-state index contributed by atoms with van der Waals surface area (Å²) in [5, 5.41) is 9.72. The first-order chi connectivity index (χ1) is 7.99. The number of anilines is 1. The van der Waals surface area contributed by atoms with E-state index in [1.54, 1.807) is 13.0 Å². The minimum Gasteiger partial charge on any atom is -0.389 e. The summed E-state index contributed by atoms with van der Waals surface area (Å²) in [5.41, 5.74) is 1.20. The molecule has 0 aliphatic heterocycles. The maximum Gasteiger partial charge on any atom is 0.131 e. The van der Waals surface area contributed by atoms with Crippen molar-refractivity contribution in [2.24, 2.45) is 0 Å². The van der Waals surface area contributed by atoms with E-state index >= 15 is 0 Å². The van der Waals surface area contributed by atoms with Gasteiger partial charge in [-0.05, 0) is 39.3 Å². The fraction of sp³-hybridized carbons (Fsp3) is 0.571. The Morgan fingerprint density at radius 3 is 2.41 bits per heavy atom. The number of hydrogen-bond donors (Lipinski definition) is 1. The zero-order valence-electron chi connectivity index (χ0n) is 11.1. The molecule has 0 amide bonds. The molecule has 17 heavy (non-hydrogen) atoms. The van der Waals surface area contributed by atoms with Crippen LogP contribution in [0.4, 0.5) is 10.1 Å². The van der Waals surface area contributed by atoms with Crippen molar-refractivity contribution >= 4 is 5.69 Å². The van der Waals surface area contributed by atoms with Crippen molar-refractivity contribution in [2.45, 2.75) is 46.3 Å². The Kier molecular flexibility index (Phi) is 4.94. The Balaban J connectivity index is 3.22. The summed E-state index contributed by atoms with van der Waals surface area (Å²) in [5.74, 6) is -0.334. The predicted octanol–water partition coefficient (Wildman–Crippen LogP) is 3.50. The first kappa shape index (κ1) is 14.0. The van der Waals surface area contributed by atoms with Gasteiger partial charge < -0.3 is 10.0 Å². The Morgan fingerprint density at radius 1 is 1.29 bits per heavy atom. The van der Waals surface area contributed by atoms with Crippen LogP contribution in [0.25, 0.3) is 0 Å². The number of rotatable bonds is 5. The average molecular weight is 239 g/mol. The summed E-state index contributed by atoms with van der Waals surface area (Å²) >= 11 is 0. The van der Waals surface area contributed by atoms with Crippen LogP contribution in [0.1, 0.15) is 45.8 Å². The second-order valence-electron chi connectivity index (χ2n) is 4.64. The Hall–Kier alpha value is -1.09. The van der Waals surface area contributed by atoms with Gasteiger partial charge in [0.1, 0.15) is 5.82 Å². The lowest BCUT2D eigenvalue weighted by molar-refractivity contribution is 0.194. The highest BCUT2D eigenvalue weighted by molar-refractivity contribution is 5.55. The van der Waals surface area contributed by atoms with Crippen LogP contribution < -0.4 is 4.90 Å². The lowest BCUT2D eigenvalue weighted by atomic mass is 10.0. The normalized spacial score (nSPS) is 12.9. The van der Waals surface area contributed by atoms with Crippen molar-refractivity contribution in [2.75, 3.05) is 11.4 Å². The molecule has 0 heterocycles. The Labute approximate surface area is 103 Å². The molecule has 0 fully saturated rings. The number of aliphatic hydroxyl groups excluding tert-OH is 1. The molecule has 0 aromatic heterocycles. The molecule has 0 spiro atoms. The molecule has 1 aromatic carbocycles. The molecule has 0 aliphatic rings. The fourth-order valence-corrected chi connectivity index (χ4v) is 2.09. The summed E-state index contributed by atoms with van der Waals surface area (Å²) in [6.45, 7) is 8.71. The van der Waals surface area contributed by atoms with Crippen LogP contribution in [0.3, 0.4) is 0 Å². The zero-order chi connectivity index (χ0) is 13.0. The van der Waals surface area contributed by atoms with Crippen LogP contribution in [0, 0.1) is 5.82 Å². The van der Waals surface area contributed by atoms with E-state index in [0.29, 0.717) is 5.56 Å². The average Bonchev–Trinajstić information content (AvgIpc) is 2.24. The highest BCUT2D eigenvalue weighted by atomic mass is 19.1. The molecule has 2 nitrogen and oxygen atoms in total. The Morgan fingerprint density at radius 2 is 1.94 bits per heavy atom. The van der Waals surface area contributed by atoms with Crippen molar-refractivity contribution in [3.05, 3.63) is 29.6 Å². The molecule has 3 heteroatoms. The molecule has 0 bridgehead atoms. The third-order valence-electron chi connectivity index (χ3n) is 2.84. The molecule has 1 N–H and O–H groups in total. The second kappa shape index (κ2) is 6.01. The van der Waals surface area contributed by atoms with Crippen LogP contribution in [-0.4, -0.2) is 17.7 Å². The second-order valence-corrected chi connectivity index (χ2v) is 4.64. The van der Waals surface area contributed by atoms with Crippen molar-refractivity contribution in [1.82, 2.24) is 0 Å². The highest BCUT2D eigenvalue weighted by Gasteiger charge is 2.19. The topological polar surface area (TPSA) is 23.5 Å². The maximum absolute atomic E-state index is 13.8. The van der Waals surface area contributed by atoms with E-state index in [1.807, 2.05) is 6.07 Å². The number of aliphatic hydroxyl groups is 1. The number of halogens is 1. The number of nitrogens with zero attached hydrogens (tertiary/aromatic N) is 1. The van der Waals surface area contributed by atoms with E-state index in [0.717, 1.165) is 18.7 Å². The van der Waals surface area contributed by atoms with Gasteiger partial charge in [0.15, 0.2) is 0 Å². The lowest BCUT2D eigenvalue weighted by Crippen LogP contribution is -2.32. The van der Waals surface area contributed by atoms with Gasteiger partial charge in [-0.3, -0.25) is 0 Å². The van der Waals surface area contributed by atoms with Crippen molar-refractivity contribution < 1.29 is 9.50 Å². The van der Waals surface area contributed by atoms with Gasteiger partial charge in [0.05, 0.1) is 6.10 Å². The molecule has 0 unspecified atom stereocenters. The molecule has 1 atom stereocenters. The smallest absolute Gasteiger partial charge is 0.131 e. The van der Waals surface area contributed by atoms with Gasteiger partial charge in [-0.25, -0.2) is 4.39 Å². The fourth-order valence-electron chi connectivity index (χ4n) is 2.09. The van der Waals surface area contributed by atoms with Gasteiger partial charge in [-0.2, -0.15) is 0 Å². The van der Waals surface area contributed by atoms with E-state index < -0.39 is 6.10 Å². The minimum absolute atomic E-state index is 0.286. The quantitative estimate of drug-likeness (QED) is 0.850. The maximum atomic E-state index is 13.8. The van der Waals surface area contributed by atoms with E-state index in [9.17, 15) is 9.50 Å². The number of benzene rings is 1. The summed E-state index contributed by atoms with van der Waals surface area (Å²) in [6, 6.07) is 5.26. The van der Waals surface area contributed by atoms with Gasteiger partial charge in [0.25, 0.3) is 0 Å². The summed E-state index contributed by atoms with van der Waals surface area (Å²) in [7, 11) is 0. The zero-order valence-corrected chi connectivity index (χ0v) is 11.1. The van der Waals surface area contributed by atoms with E-state index in [1.165, 1.54) is 6.07 Å². The van der Waals surface area contributed by atoms with Crippen LogP contribution in [0.2, 0.25) is 0 Å². The molecule has 1 aromatic rings. The summed E-state index contributed by atoms with van der Waals surface area (Å²) in [6.07, 6.45) is 0.206. The molecule has 1 rings (SSSR count). The van der Waals surface area contributed by atoms with Crippen LogP contribution in [0.5, 0.6) is 0 Å². The van der Waals surface area contributed by atoms with Gasteiger partial charge in [-0.15, -0.1) is 0 Å². The molecule has 0 saturated carbocycles. The van der Waals surface area contributed by atoms with Gasteiger partial charge in [0.2, 0.25) is 0 Å². The molecular formula is C14H22FNO. The Bertz CT molecular complexity index is 363. The minimum atomic E-state index is -0.788. The lowest BCUT2D eigenvalue weighted by Gasteiger charge is -2.31. The molecule has 0 saturated heterocycles. The standard InChI is InChI=1S/C14H22FNO/c1-5-9-16(10(2)3)13-8-6-7-12(15)14(13)11(4)17/h6-8,10-11,17H,5,9H2,1-4H3/t11-/m0/s1. The van der Waals surface area contributed by atoms with Crippen LogP contribution in [-0.2, 0) is 0 Å². The first-order valence-corrected chi connectivity index (χ1v) is 6.22. The van der Waals surface area contributed by atoms with Crippen LogP contribution in [0.15, 0.2) is 18.2 Å². The van der Waals surface area contributed by atoms with Gasteiger partial charge in [0, 0.05) is 23.8 Å². The van der Waals surface area contributed by atoms with Crippen LogP contribution >= 0.6 is 0 Å². The molecular weight excluding hydrogens is 217 g/mol. The molecule has 0 radical (unpaired) electrons. The van der Waals surface area contributed by atoms with Crippen molar-refractivity contribution in [3.8, 4) is 0 Å². The van der Waals surface area contributed by atoms with E-state index in [-0.39, 0.29) is 11.9 Å². The number of hydrogen-bond acceptors (Lipinski definition) is 2. The highest BCUT2D eigenvalue weighted by Crippen LogP contribution is 2.30. The third kappa shape index (κ3) is 3.19. The first-order valence-electron chi connectivity index (χ1n) is 6.22. The summed E-state index contributed by atoms with van der Waals surface area (Å²) < 4.78 is 13.8. The largest absolute Gasteiger partial charge is 0.389 e. The molecule has 96 valence electrons. The van der Waals surface area contributed by atoms with Gasteiger partial charge in [-0.1, -0.05) is 13.0 Å². The summed E-state index contributed by atoms with van der Waals surface area (Å²) in [4.78, 5) is 2.13. The SMILES string of the molecule is CCCN(c1cccc(F)c1[C@H](C)O)C(C)C. The third-order valence-corrected chi connectivity index (χ3v) is 2.84. The van der Waals surface area contributed by atoms with E-state index in [4.69, 9.17) is 0 Å². The monoisotopic (exact) mass is 239 g/mol. The van der Waals surface area contributed by atoms with Crippen molar-refractivity contribution in [1.29, 1.82) is 0 Å². The van der Waals surface area contributed by atoms with Gasteiger partial charge >= 0.3 is 0 Å².